The van der Waals surface area contributed by atoms with Crippen LogP contribution in [0.3, 0.4) is 0 Å². The van der Waals surface area contributed by atoms with Crippen molar-refractivity contribution < 1.29 is 4.79 Å². The van der Waals surface area contributed by atoms with Gasteiger partial charge in [0, 0.05) is 51.6 Å². The molecule has 0 unspecified atom stereocenters. The smallest absolute Gasteiger partial charge is 0.228 e. The zero-order chi connectivity index (χ0) is 26.9. The third-order valence-corrected chi connectivity index (χ3v) is 6.84. The standard InChI is InChI=1S/C32H23N7O/c40-30(13-20-7-2-1-3-8-20)36-23-14-21(17-33-19-23)22-15-26-31(38-39-32(26)35-18-22)29-16-25-24(9-6-11-28(25)37-29)27-10-4-5-12-34-27/h1-12,14-19,37H,13H2,(H,36,40)(H,35,38,39). The van der Waals surface area contributed by atoms with E-state index in [1.54, 1.807) is 24.8 Å². The van der Waals surface area contributed by atoms with Crippen LogP contribution in [0.15, 0.2) is 110 Å². The molecule has 0 fully saturated rings. The highest BCUT2D eigenvalue weighted by Gasteiger charge is 2.15. The average Bonchev–Trinajstić information content (AvgIpc) is 3.62. The molecule has 0 aliphatic heterocycles. The predicted octanol–water partition coefficient (Wildman–Crippen LogP) is 6.41. The molecule has 0 radical (unpaired) electrons. The SMILES string of the molecule is O=C(Cc1ccccc1)Nc1cncc(-c2cnc3[nH]nc(-c4cc5c(-c6ccccn6)cccc5[nH]4)c3c2)c1. The molecule has 40 heavy (non-hydrogen) atoms. The van der Waals surface area contributed by atoms with E-state index >= 15 is 0 Å². The van der Waals surface area contributed by atoms with Crippen molar-refractivity contribution in [2.75, 3.05) is 5.32 Å². The van der Waals surface area contributed by atoms with Gasteiger partial charge >= 0.3 is 0 Å². The van der Waals surface area contributed by atoms with Crippen molar-refractivity contribution >= 4 is 33.5 Å². The van der Waals surface area contributed by atoms with Crippen molar-refractivity contribution in [2.24, 2.45) is 0 Å². The average molecular weight is 522 g/mol. The summed E-state index contributed by atoms with van der Waals surface area (Å²) >= 11 is 0. The summed E-state index contributed by atoms with van der Waals surface area (Å²) in [4.78, 5) is 29.6. The number of H-pyrrole nitrogens is 2. The number of aromatic nitrogens is 6. The van der Waals surface area contributed by atoms with Gasteiger partial charge in [-0.05, 0) is 42.0 Å². The second-order valence-electron chi connectivity index (χ2n) is 9.53. The summed E-state index contributed by atoms with van der Waals surface area (Å²) in [6.07, 6.45) is 7.28. The number of nitrogens with one attached hydrogen (secondary N) is 3. The number of hydrogen-bond donors (Lipinski definition) is 3. The summed E-state index contributed by atoms with van der Waals surface area (Å²) in [5.41, 5.74) is 8.59. The minimum atomic E-state index is -0.0975. The summed E-state index contributed by atoms with van der Waals surface area (Å²) in [6, 6.07) is 27.7. The first-order chi connectivity index (χ1) is 19.7. The third kappa shape index (κ3) is 4.48. The first-order valence-corrected chi connectivity index (χ1v) is 12.9. The summed E-state index contributed by atoms with van der Waals surface area (Å²) < 4.78 is 0. The Balaban J connectivity index is 1.21. The van der Waals surface area contributed by atoms with Gasteiger partial charge < -0.3 is 10.3 Å². The highest BCUT2D eigenvalue weighted by molar-refractivity contribution is 6.01. The molecule has 5 heterocycles. The van der Waals surface area contributed by atoms with Gasteiger partial charge in [-0.25, -0.2) is 4.98 Å². The zero-order valence-electron chi connectivity index (χ0n) is 21.3. The highest BCUT2D eigenvalue weighted by Crippen LogP contribution is 2.34. The molecule has 0 saturated carbocycles. The van der Waals surface area contributed by atoms with Crippen molar-refractivity contribution in [1.29, 1.82) is 0 Å². The third-order valence-electron chi connectivity index (χ3n) is 6.84. The Morgan fingerprint density at radius 3 is 2.55 bits per heavy atom. The molecule has 5 aromatic heterocycles. The Hall–Kier alpha value is -5.63. The molecule has 7 rings (SSSR count). The lowest BCUT2D eigenvalue weighted by Gasteiger charge is -2.07. The molecule has 0 bridgehead atoms. The molecule has 0 aliphatic rings. The van der Waals surface area contributed by atoms with E-state index in [0.717, 1.165) is 55.6 Å². The molecular weight excluding hydrogens is 498 g/mol. The van der Waals surface area contributed by atoms with E-state index in [1.165, 1.54) is 0 Å². The molecule has 0 aliphatic carbocycles. The van der Waals surface area contributed by atoms with Crippen LogP contribution in [0.2, 0.25) is 0 Å². The lowest BCUT2D eigenvalue weighted by molar-refractivity contribution is -0.115. The number of benzene rings is 2. The number of anilines is 1. The number of carbonyl (C=O) groups is 1. The normalized spacial score (nSPS) is 11.2. The minimum Gasteiger partial charge on any atom is -0.353 e. The first-order valence-electron chi connectivity index (χ1n) is 12.9. The molecule has 0 saturated heterocycles. The van der Waals surface area contributed by atoms with Gasteiger partial charge in [-0.15, -0.1) is 0 Å². The van der Waals surface area contributed by atoms with Crippen LogP contribution in [0.4, 0.5) is 5.69 Å². The Morgan fingerprint density at radius 2 is 1.68 bits per heavy atom. The van der Waals surface area contributed by atoms with Crippen molar-refractivity contribution in [1.82, 2.24) is 30.1 Å². The van der Waals surface area contributed by atoms with Crippen molar-refractivity contribution in [3.05, 3.63) is 115 Å². The fourth-order valence-electron chi connectivity index (χ4n) is 4.95. The summed E-state index contributed by atoms with van der Waals surface area (Å²) in [5.74, 6) is -0.0975. The molecule has 1 amide bonds. The number of nitrogens with zero attached hydrogens (tertiary/aromatic N) is 4. The second kappa shape index (κ2) is 9.92. The molecule has 2 aromatic carbocycles. The number of hydrogen-bond acceptors (Lipinski definition) is 5. The van der Waals surface area contributed by atoms with Crippen LogP contribution in [0, 0.1) is 0 Å². The fourth-order valence-corrected chi connectivity index (χ4v) is 4.95. The number of carbonyl (C=O) groups excluding carboxylic acids is 1. The van der Waals surface area contributed by atoms with Crippen molar-refractivity contribution in [3.63, 3.8) is 0 Å². The van der Waals surface area contributed by atoms with Gasteiger partial charge in [0.15, 0.2) is 5.65 Å². The maximum absolute atomic E-state index is 12.6. The van der Waals surface area contributed by atoms with E-state index in [1.807, 2.05) is 72.8 Å². The number of rotatable bonds is 6. The lowest BCUT2D eigenvalue weighted by atomic mass is 10.1. The summed E-state index contributed by atoms with van der Waals surface area (Å²) in [7, 11) is 0. The van der Waals surface area contributed by atoms with Crippen LogP contribution < -0.4 is 5.32 Å². The Morgan fingerprint density at radius 1 is 0.800 bits per heavy atom. The molecule has 3 N–H and O–H groups in total. The van der Waals surface area contributed by atoms with E-state index in [-0.39, 0.29) is 5.91 Å². The van der Waals surface area contributed by atoms with Crippen LogP contribution in [0.25, 0.3) is 55.7 Å². The largest absolute Gasteiger partial charge is 0.353 e. The second-order valence-corrected chi connectivity index (χ2v) is 9.53. The van der Waals surface area contributed by atoms with Gasteiger partial charge in [0.1, 0.15) is 5.69 Å². The fraction of sp³-hybridized carbons (Fsp3) is 0.0312. The number of aromatic amines is 2. The summed E-state index contributed by atoms with van der Waals surface area (Å²) in [6.45, 7) is 0. The molecule has 8 heteroatoms. The highest BCUT2D eigenvalue weighted by atomic mass is 16.1. The van der Waals surface area contributed by atoms with Crippen molar-refractivity contribution in [2.45, 2.75) is 6.42 Å². The van der Waals surface area contributed by atoms with Crippen LogP contribution in [0.1, 0.15) is 5.56 Å². The molecule has 8 nitrogen and oxygen atoms in total. The number of pyridine rings is 3. The molecule has 0 spiro atoms. The lowest BCUT2D eigenvalue weighted by Crippen LogP contribution is -2.14. The monoisotopic (exact) mass is 521 g/mol. The Bertz CT molecular complexity index is 1980. The number of amides is 1. The zero-order valence-corrected chi connectivity index (χ0v) is 21.3. The van der Waals surface area contributed by atoms with E-state index in [4.69, 9.17) is 0 Å². The Labute approximate surface area is 229 Å². The van der Waals surface area contributed by atoms with Gasteiger partial charge in [-0.1, -0.05) is 48.5 Å². The molecule has 7 aromatic rings. The quantitative estimate of drug-likeness (QED) is 0.234. The maximum Gasteiger partial charge on any atom is 0.228 e. The Kier molecular flexibility index (Phi) is 5.82. The maximum atomic E-state index is 12.6. The van der Waals surface area contributed by atoms with Crippen LogP contribution >= 0.6 is 0 Å². The minimum absolute atomic E-state index is 0.0975. The van der Waals surface area contributed by atoms with Gasteiger partial charge in [0.25, 0.3) is 0 Å². The van der Waals surface area contributed by atoms with Gasteiger partial charge in [-0.3, -0.25) is 19.9 Å². The molecular formula is C32H23N7O. The summed E-state index contributed by atoms with van der Waals surface area (Å²) in [5, 5.41) is 12.5. The van der Waals surface area contributed by atoms with E-state index in [9.17, 15) is 4.79 Å². The topological polar surface area (TPSA) is 112 Å². The van der Waals surface area contributed by atoms with Gasteiger partial charge in [0.05, 0.1) is 29.7 Å². The van der Waals surface area contributed by atoms with Crippen LogP contribution in [0.5, 0.6) is 0 Å². The van der Waals surface area contributed by atoms with E-state index in [2.05, 4.69) is 47.6 Å². The van der Waals surface area contributed by atoms with Gasteiger partial charge in [-0.2, -0.15) is 5.10 Å². The van der Waals surface area contributed by atoms with E-state index in [0.29, 0.717) is 17.8 Å². The van der Waals surface area contributed by atoms with Gasteiger partial charge in [0.2, 0.25) is 5.91 Å². The number of fused-ring (bicyclic) bond motifs is 2. The first kappa shape index (κ1) is 23.5. The molecule has 192 valence electrons. The van der Waals surface area contributed by atoms with Crippen molar-refractivity contribution in [3.8, 4) is 33.8 Å². The van der Waals surface area contributed by atoms with Crippen LogP contribution in [-0.4, -0.2) is 36.0 Å². The van der Waals surface area contributed by atoms with E-state index < -0.39 is 0 Å². The predicted molar refractivity (Wildman–Crippen MR) is 156 cm³/mol. The van der Waals surface area contributed by atoms with Crippen LogP contribution in [-0.2, 0) is 11.2 Å². The molecule has 0 atom stereocenters.